The highest BCUT2D eigenvalue weighted by atomic mass is 79.9. The smallest absolute Gasteiger partial charge is 0.139 e. The summed E-state index contributed by atoms with van der Waals surface area (Å²) in [5.41, 5.74) is 4.34. The van der Waals surface area contributed by atoms with Gasteiger partial charge in [0.2, 0.25) is 0 Å². The number of halogens is 2. The van der Waals surface area contributed by atoms with E-state index in [1.54, 1.807) is 13.1 Å². The number of allylic oxidation sites excluding steroid dienone is 6. The number of pyridine rings is 1. The number of aromatic nitrogens is 1. The number of hydrogen-bond donors (Lipinski definition) is 0. The van der Waals surface area contributed by atoms with Gasteiger partial charge in [0.1, 0.15) is 6.17 Å². The maximum atomic E-state index is 13.7. The molecule has 2 aliphatic carbocycles. The van der Waals surface area contributed by atoms with Crippen molar-refractivity contribution in [3.8, 4) is 0 Å². The average molecular weight is 376 g/mol. The number of alkyl halides is 1. The van der Waals surface area contributed by atoms with E-state index in [2.05, 4.69) is 53.0 Å². The minimum Gasteiger partial charge on any atom is -0.258 e. The van der Waals surface area contributed by atoms with Crippen molar-refractivity contribution >= 4 is 21.5 Å². The van der Waals surface area contributed by atoms with Gasteiger partial charge in [-0.3, -0.25) is 4.98 Å². The molecular weight excluding hydrogens is 353 g/mol. The third-order valence-corrected chi connectivity index (χ3v) is 5.39. The summed E-state index contributed by atoms with van der Waals surface area (Å²) in [7, 11) is 0. The van der Waals surface area contributed by atoms with Crippen molar-refractivity contribution in [1.29, 1.82) is 0 Å². The molecule has 1 heterocycles. The molecule has 0 N–H and O–H groups in total. The van der Waals surface area contributed by atoms with Crippen LogP contribution in [0.1, 0.15) is 51.0 Å². The molecule has 1 nitrogen and oxygen atoms in total. The van der Waals surface area contributed by atoms with Crippen LogP contribution < -0.4 is 0 Å². The standard InChI is InChI=1S/C20H23BrFN/c1-12-5-4-6-16(21)11-18(20(12)17-9-13(17)2)15-7-8-23-19(10-15)14(3)22/h4,6-8,10-14,17H,5,9H2,1-3H3/b6-4+,16-11+,20-18?. The Kier molecular flexibility index (Phi) is 4.86. The SMILES string of the molecule is CC1C/C=C/C(Br)=C\C(c2ccnc(C(C)F)c2)=C1C1CC1C. The van der Waals surface area contributed by atoms with Gasteiger partial charge < -0.3 is 0 Å². The van der Waals surface area contributed by atoms with Gasteiger partial charge in [0.15, 0.2) is 0 Å². The van der Waals surface area contributed by atoms with E-state index < -0.39 is 6.17 Å². The van der Waals surface area contributed by atoms with Crippen molar-refractivity contribution in [1.82, 2.24) is 4.98 Å². The Morgan fingerprint density at radius 3 is 2.74 bits per heavy atom. The molecule has 4 atom stereocenters. The first-order valence-electron chi connectivity index (χ1n) is 8.35. The zero-order valence-electron chi connectivity index (χ0n) is 13.9. The lowest BCUT2D eigenvalue weighted by atomic mass is 9.84. The largest absolute Gasteiger partial charge is 0.258 e. The van der Waals surface area contributed by atoms with Crippen molar-refractivity contribution < 1.29 is 4.39 Å². The van der Waals surface area contributed by atoms with Gasteiger partial charge in [-0.15, -0.1) is 0 Å². The summed E-state index contributed by atoms with van der Waals surface area (Å²) in [4.78, 5) is 4.17. The molecule has 3 heteroatoms. The average Bonchev–Trinajstić information content (AvgIpc) is 3.21. The van der Waals surface area contributed by atoms with E-state index in [1.165, 1.54) is 17.6 Å². The molecule has 0 spiro atoms. The highest BCUT2D eigenvalue weighted by molar-refractivity contribution is 9.11. The molecule has 0 saturated heterocycles. The summed E-state index contributed by atoms with van der Waals surface area (Å²) < 4.78 is 14.8. The fourth-order valence-electron chi connectivity index (χ4n) is 3.45. The summed E-state index contributed by atoms with van der Waals surface area (Å²) in [5.74, 6) is 1.91. The van der Waals surface area contributed by atoms with Crippen LogP contribution in [0.3, 0.4) is 0 Å². The van der Waals surface area contributed by atoms with Crippen LogP contribution >= 0.6 is 15.9 Å². The molecule has 0 radical (unpaired) electrons. The zero-order valence-corrected chi connectivity index (χ0v) is 15.5. The Morgan fingerprint density at radius 2 is 2.09 bits per heavy atom. The molecule has 2 aliphatic rings. The maximum Gasteiger partial charge on any atom is 0.139 e. The van der Waals surface area contributed by atoms with Crippen LogP contribution in [-0.4, -0.2) is 4.98 Å². The highest BCUT2D eigenvalue weighted by Gasteiger charge is 2.39. The van der Waals surface area contributed by atoms with Crippen molar-refractivity contribution in [2.75, 3.05) is 0 Å². The Morgan fingerprint density at radius 1 is 1.35 bits per heavy atom. The third kappa shape index (κ3) is 3.65. The summed E-state index contributed by atoms with van der Waals surface area (Å²) in [6.07, 6.45) is 9.52. The van der Waals surface area contributed by atoms with Gasteiger partial charge in [-0.25, -0.2) is 4.39 Å². The second-order valence-electron chi connectivity index (χ2n) is 6.84. The summed E-state index contributed by atoms with van der Waals surface area (Å²) in [6, 6.07) is 3.91. The topological polar surface area (TPSA) is 12.9 Å². The summed E-state index contributed by atoms with van der Waals surface area (Å²) in [5, 5.41) is 0. The molecule has 4 unspecified atom stereocenters. The summed E-state index contributed by atoms with van der Waals surface area (Å²) in [6.45, 7) is 6.16. The van der Waals surface area contributed by atoms with E-state index in [4.69, 9.17) is 0 Å². The fraction of sp³-hybridized carbons (Fsp3) is 0.450. The van der Waals surface area contributed by atoms with Crippen molar-refractivity contribution in [3.63, 3.8) is 0 Å². The predicted octanol–water partition coefficient (Wildman–Crippen LogP) is 6.40. The Labute approximate surface area is 146 Å². The van der Waals surface area contributed by atoms with Crippen LogP contribution in [0.5, 0.6) is 0 Å². The lowest BCUT2D eigenvalue weighted by Crippen LogP contribution is -2.07. The minimum absolute atomic E-state index is 0.507. The molecule has 0 bridgehead atoms. The molecule has 0 aromatic carbocycles. The van der Waals surface area contributed by atoms with E-state index in [0.29, 0.717) is 17.5 Å². The molecule has 1 aromatic rings. The number of nitrogens with zero attached hydrogens (tertiary/aromatic N) is 1. The molecule has 1 aromatic heterocycles. The molecule has 1 fully saturated rings. The second kappa shape index (κ2) is 6.72. The maximum absolute atomic E-state index is 13.7. The van der Waals surface area contributed by atoms with Crippen molar-refractivity contribution in [2.24, 2.45) is 17.8 Å². The van der Waals surface area contributed by atoms with Crippen LogP contribution in [0, 0.1) is 17.8 Å². The summed E-state index contributed by atoms with van der Waals surface area (Å²) >= 11 is 3.64. The molecular formula is C20H23BrFN. The molecule has 1 saturated carbocycles. The van der Waals surface area contributed by atoms with Gasteiger partial charge in [-0.05, 0) is 66.9 Å². The van der Waals surface area contributed by atoms with E-state index in [0.717, 1.165) is 22.4 Å². The second-order valence-corrected chi connectivity index (χ2v) is 7.76. The highest BCUT2D eigenvalue weighted by Crippen LogP contribution is 2.50. The van der Waals surface area contributed by atoms with Crippen molar-refractivity contribution in [2.45, 2.75) is 39.8 Å². The third-order valence-electron chi connectivity index (χ3n) is 4.90. The number of rotatable bonds is 3. The quantitative estimate of drug-likeness (QED) is 0.595. The lowest BCUT2D eigenvalue weighted by Gasteiger charge is -2.21. The predicted molar refractivity (Wildman–Crippen MR) is 97.9 cm³/mol. The molecule has 0 amide bonds. The molecule has 122 valence electrons. The normalized spacial score (nSPS) is 32.6. The van der Waals surface area contributed by atoms with E-state index in [9.17, 15) is 4.39 Å². The molecule has 23 heavy (non-hydrogen) atoms. The molecule has 3 rings (SSSR count). The van der Waals surface area contributed by atoms with Gasteiger partial charge in [0.25, 0.3) is 0 Å². The van der Waals surface area contributed by atoms with E-state index in [1.807, 2.05) is 12.1 Å². The van der Waals surface area contributed by atoms with Gasteiger partial charge in [0.05, 0.1) is 5.69 Å². The first kappa shape index (κ1) is 16.6. The van der Waals surface area contributed by atoms with Gasteiger partial charge in [-0.2, -0.15) is 0 Å². The Bertz CT molecular complexity index is 687. The first-order chi connectivity index (χ1) is 11.0. The van der Waals surface area contributed by atoms with Gasteiger partial charge in [0, 0.05) is 10.7 Å². The number of hydrogen-bond acceptors (Lipinski definition) is 1. The van der Waals surface area contributed by atoms with Gasteiger partial charge in [-0.1, -0.05) is 47.5 Å². The van der Waals surface area contributed by atoms with Crippen LogP contribution in [0.2, 0.25) is 0 Å². The molecule has 0 aliphatic heterocycles. The Hall–Kier alpha value is -1.22. The van der Waals surface area contributed by atoms with Crippen molar-refractivity contribution in [3.05, 3.63) is 57.9 Å². The monoisotopic (exact) mass is 375 g/mol. The van der Waals surface area contributed by atoms with Gasteiger partial charge >= 0.3 is 0 Å². The first-order valence-corrected chi connectivity index (χ1v) is 9.15. The zero-order chi connectivity index (χ0) is 16.6. The van der Waals surface area contributed by atoms with Crippen LogP contribution in [0.15, 0.2) is 46.6 Å². The Balaban J connectivity index is 2.16. The van der Waals surface area contributed by atoms with Crippen LogP contribution in [0.25, 0.3) is 5.57 Å². The van der Waals surface area contributed by atoms with E-state index >= 15 is 0 Å². The van der Waals surface area contributed by atoms with Crippen LogP contribution in [-0.2, 0) is 0 Å². The lowest BCUT2D eigenvalue weighted by molar-refractivity contribution is 0.366. The van der Waals surface area contributed by atoms with E-state index in [-0.39, 0.29) is 0 Å². The van der Waals surface area contributed by atoms with Crippen LogP contribution in [0.4, 0.5) is 4.39 Å². The fourth-order valence-corrected chi connectivity index (χ4v) is 3.87. The minimum atomic E-state index is -1.04.